The molecule has 0 bridgehead atoms. The van der Waals surface area contributed by atoms with Crippen molar-refractivity contribution in [3.05, 3.63) is 21.3 Å². The van der Waals surface area contributed by atoms with Gasteiger partial charge in [-0.1, -0.05) is 30.8 Å². The topological polar surface area (TPSA) is 106 Å². The summed E-state index contributed by atoms with van der Waals surface area (Å²) in [5.41, 5.74) is 0. The van der Waals surface area contributed by atoms with Gasteiger partial charge in [0.05, 0.1) is 0 Å². The second kappa shape index (κ2) is 4.88. The molecule has 0 fully saturated rings. The number of hydrogen-bond donors (Lipinski definition) is 2. The van der Waals surface area contributed by atoms with Crippen molar-refractivity contribution in [3.63, 3.8) is 0 Å². The minimum atomic E-state index is -3.86. The summed E-state index contributed by atoms with van der Waals surface area (Å²) < 4.78 is 46.4. The lowest BCUT2D eigenvalue weighted by molar-refractivity contribution is 0.488. The van der Waals surface area contributed by atoms with E-state index in [4.69, 9.17) is 5.14 Å². The summed E-state index contributed by atoms with van der Waals surface area (Å²) in [6.45, 7) is 4.11. The van der Waals surface area contributed by atoms with Crippen LogP contribution < -0.4 is 10.5 Å². The van der Waals surface area contributed by atoms with Crippen LogP contribution in [0.5, 0.6) is 0 Å². The Hall–Kier alpha value is -0.350. The van der Waals surface area contributed by atoms with E-state index in [9.17, 15) is 16.8 Å². The van der Waals surface area contributed by atoms with Crippen LogP contribution in [0, 0.1) is 5.92 Å². The van der Waals surface area contributed by atoms with Crippen LogP contribution in [0.4, 0.5) is 0 Å². The number of sulfone groups is 1. The molecule has 0 saturated carbocycles. The molecule has 19 heavy (non-hydrogen) atoms. The molecule has 3 unspecified atom stereocenters. The lowest BCUT2D eigenvalue weighted by Gasteiger charge is -2.30. The molecule has 108 valence electrons. The van der Waals surface area contributed by atoms with E-state index in [1.807, 2.05) is 6.92 Å². The van der Waals surface area contributed by atoms with Gasteiger partial charge in [0, 0.05) is 16.9 Å². The minimum Gasteiger partial charge on any atom is -0.310 e. The Bertz CT molecular complexity index is 648. The maximum Gasteiger partial charge on any atom is 0.243 e. The van der Waals surface area contributed by atoms with Crippen LogP contribution in [0.1, 0.15) is 13.8 Å². The fourth-order valence-corrected chi connectivity index (χ4v) is 7.13. The second-order valence-corrected chi connectivity index (χ2v) is 10.0. The number of sulfonamides is 1. The average Bonchev–Trinajstić information content (AvgIpc) is 2.72. The van der Waals surface area contributed by atoms with Gasteiger partial charge in [-0.25, -0.2) is 22.0 Å². The molecule has 6 nitrogen and oxygen atoms in total. The van der Waals surface area contributed by atoms with Crippen LogP contribution in [-0.4, -0.2) is 34.0 Å². The van der Waals surface area contributed by atoms with Crippen LogP contribution in [0.25, 0.3) is 0 Å². The van der Waals surface area contributed by atoms with Crippen LogP contribution in [0.3, 0.4) is 0 Å². The van der Waals surface area contributed by atoms with Crippen molar-refractivity contribution in [1.29, 1.82) is 0 Å². The molecular formula is C10H16N2O4S3. The third-order valence-corrected chi connectivity index (χ3v) is 8.78. The van der Waals surface area contributed by atoms with Crippen molar-refractivity contribution in [3.8, 4) is 0 Å². The summed E-state index contributed by atoms with van der Waals surface area (Å²) in [7, 11) is -7.33. The number of fused-ring (bicyclic) bond motifs is 1. The highest BCUT2D eigenvalue weighted by atomic mass is 32.3. The minimum absolute atomic E-state index is 0.0583. The molecule has 0 aromatic rings. The normalized spacial score (nSPS) is 33.5. The molecule has 2 heterocycles. The number of hydrogen-bond acceptors (Lipinski definition) is 6. The fourth-order valence-electron chi connectivity index (χ4n) is 2.25. The van der Waals surface area contributed by atoms with Crippen LogP contribution >= 0.6 is 11.8 Å². The molecule has 0 aromatic carbocycles. The second-order valence-electron chi connectivity index (χ2n) is 4.50. The maximum atomic E-state index is 12.2. The van der Waals surface area contributed by atoms with Gasteiger partial charge in [-0.15, -0.1) is 0 Å². The summed E-state index contributed by atoms with van der Waals surface area (Å²) in [6, 6.07) is -0.190. The quantitative estimate of drug-likeness (QED) is 0.763. The summed E-state index contributed by atoms with van der Waals surface area (Å²) in [6.07, 6.45) is 3.10. The molecule has 2 rings (SSSR count). The van der Waals surface area contributed by atoms with Crippen molar-refractivity contribution in [2.45, 2.75) is 24.5 Å². The van der Waals surface area contributed by atoms with Crippen molar-refractivity contribution >= 4 is 31.6 Å². The largest absolute Gasteiger partial charge is 0.310 e. The molecule has 0 spiro atoms. The maximum absolute atomic E-state index is 12.2. The molecule has 0 amide bonds. The third-order valence-electron chi connectivity index (χ3n) is 3.18. The first-order valence-electron chi connectivity index (χ1n) is 5.75. The summed E-state index contributed by atoms with van der Waals surface area (Å²) in [5.74, 6) is -0.410. The number of primary sulfonamides is 1. The highest BCUT2D eigenvalue weighted by Gasteiger charge is 2.47. The summed E-state index contributed by atoms with van der Waals surface area (Å²) in [5, 5.41) is 8.25. The molecule has 0 aliphatic carbocycles. The lowest BCUT2D eigenvalue weighted by atomic mass is 10.0. The number of nitrogens with one attached hydrogen (secondary N) is 1. The van der Waals surface area contributed by atoms with Crippen molar-refractivity contribution in [1.82, 2.24) is 5.32 Å². The average molecular weight is 324 g/mol. The fraction of sp³-hybridized carbons (Fsp3) is 0.600. The van der Waals surface area contributed by atoms with Gasteiger partial charge in [-0.2, -0.15) is 0 Å². The van der Waals surface area contributed by atoms with Gasteiger partial charge >= 0.3 is 0 Å². The summed E-state index contributed by atoms with van der Waals surface area (Å²) in [4.78, 5) is 0.274. The van der Waals surface area contributed by atoms with Crippen LogP contribution in [-0.2, 0) is 19.9 Å². The van der Waals surface area contributed by atoms with Crippen molar-refractivity contribution in [2.24, 2.45) is 11.1 Å². The van der Waals surface area contributed by atoms with E-state index in [-0.39, 0.29) is 15.2 Å². The highest BCUT2D eigenvalue weighted by Crippen LogP contribution is 2.47. The number of rotatable bonds is 3. The van der Waals surface area contributed by atoms with Crippen molar-refractivity contribution in [2.75, 3.05) is 6.54 Å². The van der Waals surface area contributed by atoms with Gasteiger partial charge in [0.2, 0.25) is 10.0 Å². The molecule has 9 heteroatoms. The number of likely N-dealkylation sites (N-methyl/N-ethyl adjacent to an activating group) is 1. The van der Waals surface area contributed by atoms with E-state index < -0.39 is 30.4 Å². The highest BCUT2D eigenvalue weighted by molar-refractivity contribution is 8.24. The summed E-state index contributed by atoms with van der Waals surface area (Å²) >= 11 is 0.821. The predicted octanol–water partition coefficient (Wildman–Crippen LogP) is 0.116. The van der Waals surface area contributed by atoms with Gasteiger partial charge in [0.15, 0.2) is 9.84 Å². The Labute approximate surface area is 117 Å². The number of thioether (sulfide) groups is 1. The molecular weight excluding hydrogens is 308 g/mol. The van der Waals surface area contributed by atoms with E-state index in [1.54, 1.807) is 6.08 Å². The zero-order valence-electron chi connectivity index (χ0n) is 10.5. The van der Waals surface area contributed by atoms with E-state index >= 15 is 0 Å². The van der Waals surface area contributed by atoms with Gasteiger partial charge in [0.1, 0.15) is 8.82 Å². The van der Waals surface area contributed by atoms with Gasteiger partial charge in [-0.3, -0.25) is 0 Å². The molecule has 0 aromatic heterocycles. The van der Waals surface area contributed by atoms with Crippen molar-refractivity contribution < 1.29 is 16.8 Å². The third kappa shape index (κ3) is 2.62. The number of allylic oxidation sites excluding steroid dienone is 1. The van der Waals surface area contributed by atoms with E-state index in [2.05, 4.69) is 5.32 Å². The Morgan fingerprint density at radius 1 is 1.42 bits per heavy atom. The molecule has 2 aliphatic heterocycles. The van der Waals surface area contributed by atoms with E-state index in [1.165, 1.54) is 13.0 Å². The SMILES string of the molecule is CCNC1C=C(C)S(=O)(=O)C2SC(S(N)(=O)=O)=CC12. The Morgan fingerprint density at radius 3 is 2.58 bits per heavy atom. The van der Waals surface area contributed by atoms with Gasteiger partial charge in [0.25, 0.3) is 0 Å². The Morgan fingerprint density at radius 2 is 2.05 bits per heavy atom. The number of nitrogens with two attached hydrogens (primary N) is 1. The predicted molar refractivity (Wildman–Crippen MR) is 76.2 cm³/mol. The Kier molecular flexibility index (Phi) is 3.87. The molecule has 0 saturated heterocycles. The van der Waals surface area contributed by atoms with E-state index in [0.717, 1.165) is 11.8 Å². The Balaban J connectivity index is 2.47. The molecule has 2 aliphatic rings. The smallest absolute Gasteiger partial charge is 0.243 e. The lowest BCUT2D eigenvalue weighted by Crippen LogP contribution is -2.43. The molecule has 3 N–H and O–H groups in total. The monoisotopic (exact) mass is 324 g/mol. The van der Waals surface area contributed by atoms with Gasteiger partial charge in [-0.05, 0) is 13.5 Å². The van der Waals surface area contributed by atoms with Crippen LogP contribution in [0.15, 0.2) is 21.3 Å². The zero-order chi connectivity index (χ0) is 14.4. The first kappa shape index (κ1) is 15.0. The standard InChI is InChI=1S/C10H16N2O4S3/c1-3-12-8-4-6(2)18(13,14)10-7(8)5-9(17-10)19(11,15)16/h4-5,7-8,10,12H,3H2,1-2H3,(H2,11,15,16). The van der Waals surface area contributed by atoms with E-state index in [0.29, 0.717) is 6.54 Å². The zero-order valence-corrected chi connectivity index (χ0v) is 13.0. The first-order valence-corrected chi connectivity index (χ1v) is 9.72. The van der Waals surface area contributed by atoms with Gasteiger partial charge < -0.3 is 5.32 Å². The first-order chi connectivity index (χ1) is 8.67. The van der Waals surface area contributed by atoms with Crippen LogP contribution in [0.2, 0.25) is 0 Å². The molecule has 0 radical (unpaired) electrons. The molecule has 3 atom stereocenters.